The molecule has 0 saturated carbocycles. The summed E-state index contributed by atoms with van der Waals surface area (Å²) < 4.78 is 0. The molecule has 1 aromatic rings. The second-order valence-electron chi connectivity index (χ2n) is 3.51. The van der Waals surface area contributed by atoms with Crippen molar-refractivity contribution in [1.82, 2.24) is 10.3 Å². The topological polar surface area (TPSA) is 62.2 Å². The Morgan fingerprint density at radius 3 is 3.06 bits per heavy atom. The Labute approximate surface area is 95.0 Å². The van der Waals surface area contributed by atoms with E-state index in [4.69, 9.17) is 5.11 Å². The zero-order chi connectivity index (χ0) is 11.8. The van der Waals surface area contributed by atoms with Gasteiger partial charge in [-0.1, -0.05) is 12.1 Å². The minimum atomic E-state index is -0.867. The smallest absolute Gasteiger partial charge is 0.330 e. The van der Waals surface area contributed by atoms with Gasteiger partial charge in [0, 0.05) is 24.5 Å². The van der Waals surface area contributed by atoms with Gasteiger partial charge in [0.1, 0.15) is 0 Å². The van der Waals surface area contributed by atoms with Gasteiger partial charge in [-0.25, -0.2) is 4.79 Å². The second-order valence-corrected chi connectivity index (χ2v) is 3.51. The van der Waals surface area contributed by atoms with Crippen LogP contribution in [-0.2, 0) is 11.2 Å². The molecule has 0 aliphatic rings. The molecule has 0 aliphatic carbocycles. The minimum absolute atomic E-state index is 0.369. The van der Waals surface area contributed by atoms with Crippen molar-refractivity contribution in [2.75, 3.05) is 13.1 Å². The van der Waals surface area contributed by atoms with Crippen molar-refractivity contribution in [2.45, 2.75) is 13.3 Å². The van der Waals surface area contributed by atoms with Gasteiger partial charge in [0.15, 0.2) is 0 Å². The molecule has 1 rings (SSSR count). The van der Waals surface area contributed by atoms with Crippen LogP contribution in [0.15, 0.2) is 36.2 Å². The molecule has 0 saturated heterocycles. The predicted octanol–water partition coefficient (Wildman–Crippen LogP) is 1.24. The van der Waals surface area contributed by atoms with Crippen LogP contribution in [-0.4, -0.2) is 29.1 Å². The van der Waals surface area contributed by atoms with E-state index in [2.05, 4.69) is 10.3 Å². The van der Waals surface area contributed by atoms with E-state index in [0.717, 1.165) is 13.0 Å². The number of carboxylic acid groups (broad SMARTS) is 1. The number of carboxylic acids is 1. The van der Waals surface area contributed by atoms with Gasteiger partial charge >= 0.3 is 5.97 Å². The highest BCUT2D eigenvalue weighted by molar-refractivity contribution is 5.85. The summed E-state index contributed by atoms with van der Waals surface area (Å²) >= 11 is 0. The van der Waals surface area contributed by atoms with E-state index in [1.165, 1.54) is 5.56 Å². The number of pyridine rings is 1. The van der Waals surface area contributed by atoms with E-state index < -0.39 is 5.97 Å². The molecular weight excluding hydrogens is 204 g/mol. The summed E-state index contributed by atoms with van der Waals surface area (Å²) in [5.41, 5.74) is 1.54. The van der Waals surface area contributed by atoms with Crippen LogP contribution >= 0.6 is 0 Å². The standard InChI is InChI=1S/C12H16N2O2/c1-10(12(15)16)4-7-13-8-5-11-3-2-6-14-9-11/h2-4,6,9,13H,5,7-8H2,1H3,(H,15,16)/b10-4-. The van der Waals surface area contributed by atoms with Crippen molar-refractivity contribution in [1.29, 1.82) is 0 Å². The van der Waals surface area contributed by atoms with Gasteiger partial charge in [0.05, 0.1) is 0 Å². The lowest BCUT2D eigenvalue weighted by Gasteiger charge is -2.01. The van der Waals surface area contributed by atoms with Crippen LogP contribution in [0.4, 0.5) is 0 Å². The van der Waals surface area contributed by atoms with Crippen molar-refractivity contribution in [3.05, 3.63) is 41.7 Å². The van der Waals surface area contributed by atoms with Crippen LogP contribution in [0.25, 0.3) is 0 Å². The first-order valence-corrected chi connectivity index (χ1v) is 5.20. The molecule has 1 heterocycles. The molecule has 16 heavy (non-hydrogen) atoms. The molecule has 4 nitrogen and oxygen atoms in total. The number of aliphatic carboxylic acids is 1. The molecule has 0 radical (unpaired) electrons. The number of carbonyl (C=O) groups is 1. The van der Waals surface area contributed by atoms with Crippen LogP contribution in [0.5, 0.6) is 0 Å². The molecule has 0 bridgehead atoms. The fraction of sp³-hybridized carbons (Fsp3) is 0.333. The van der Waals surface area contributed by atoms with Gasteiger partial charge < -0.3 is 10.4 Å². The maximum Gasteiger partial charge on any atom is 0.330 e. The van der Waals surface area contributed by atoms with Gasteiger partial charge in [0.2, 0.25) is 0 Å². The highest BCUT2D eigenvalue weighted by atomic mass is 16.4. The van der Waals surface area contributed by atoms with Crippen molar-refractivity contribution < 1.29 is 9.90 Å². The lowest BCUT2D eigenvalue weighted by Crippen LogP contribution is -2.17. The van der Waals surface area contributed by atoms with E-state index in [1.54, 1.807) is 19.2 Å². The largest absolute Gasteiger partial charge is 0.478 e. The molecule has 0 atom stereocenters. The van der Waals surface area contributed by atoms with Crippen LogP contribution in [0, 0.1) is 0 Å². The zero-order valence-corrected chi connectivity index (χ0v) is 9.31. The Hall–Kier alpha value is -1.68. The number of aromatic nitrogens is 1. The SMILES string of the molecule is C/C(=C/CNCCc1cccnc1)C(=O)O. The van der Waals surface area contributed by atoms with Gasteiger partial charge in [0.25, 0.3) is 0 Å². The summed E-state index contributed by atoms with van der Waals surface area (Å²) in [5, 5.41) is 11.8. The Balaban J connectivity index is 2.18. The molecule has 0 spiro atoms. The molecule has 86 valence electrons. The molecule has 0 unspecified atom stereocenters. The minimum Gasteiger partial charge on any atom is -0.478 e. The van der Waals surface area contributed by atoms with Gasteiger partial charge in [-0.15, -0.1) is 0 Å². The second kappa shape index (κ2) is 6.74. The lowest BCUT2D eigenvalue weighted by molar-refractivity contribution is -0.132. The summed E-state index contributed by atoms with van der Waals surface area (Å²) in [7, 11) is 0. The number of nitrogens with zero attached hydrogens (tertiary/aromatic N) is 1. The molecule has 4 heteroatoms. The normalized spacial score (nSPS) is 11.4. The summed E-state index contributed by atoms with van der Waals surface area (Å²) in [5.74, 6) is -0.867. The molecule has 0 aromatic carbocycles. The van der Waals surface area contributed by atoms with Crippen LogP contribution in [0.1, 0.15) is 12.5 Å². The van der Waals surface area contributed by atoms with Crippen molar-refractivity contribution in [3.8, 4) is 0 Å². The maximum atomic E-state index is 10.5. The summed E-state index contributed by atoms with van der Waals surface area (Å²) in [6.45, 7) is 2.98. The quantitative estimate of drug-likeness (QED) is 0.559. The average Bonchev–Trinajstić information content (AvgIpc) is 2.29. The summed E-state index contributed by atoms with van der Waals surface area (Å²) in [6.07, 6.45) is 6.15. The van der Waals surface area contributed by atoms with Crippen LogP contribution < -0.4 is 5.32 Å². The van der Waals surface area contributed by atoms with Crippen LogP contribution in [0.2, 0.25) is 0 Å². The Bertz CT molecular complexity index is 361. The van der Waals surface area contributed by atoms with Gasteiger partial charge in [-0.3, -0.25) is 4.98 Å². The Kier molecular flexibility index (Phi) is 5.22. The Morgan fingerprint density at radius 2 is 2.44 bits per heavy atom. The highest BCUT2D eigenvalue weighted by Gasteiger charge is 1.97. The Morgan fingerprint density at radius 1 is 1.62 bits per heavy atom. The third kappa shape index (κ3) is 4.70. The van der Waals surface area contributed by atoms with E-state index in [1.807, 2.05) is 18.3 Å². The predicted molar refractivity (Wildman–Crippen MR) is 62.2 cm³/mol. The van der Waals surface area contributed by atoms with Crippen LogP contribution in [0.3, 0.4) is 0 Å². The third-order valence-corrected chi connectivity index (χ3v) is 2.20. The van der Waals surface area contributed by atoms with Gasteiger partial charge in [-0.05, 0) is 31.5 Å². The van der Waals surface area contributed by atoms with Crippen molar-refractivity contribution in [2.24, 2.45) is 0 Å². The fourth-order valence-corrected chi connectivity index (χ4v) is 1.19. The molecule has 0 aliphatic heterocycles. The molecule has 0 fully saturated rings. The maximum absolute atomic E-state index is 10.5. The number of hydrogen-bond donors (Lipinski definition) is 2. The zero-order valence-electron chi connectivity index (χ0n) is 9.31. The van der Waals surface area contributed by atoms with E-state index in [-0.39, 0.29) is 0 Å². The average molecular weight is 220 g/mol. The molecule has 2 N–H and O–H groups in total. The van der Waals surface area contributed by atoms with Crippen molar-refractivity contribution in [3.63, 3.8) is 0 Å². The molecule has 0 amide bonds. The number of nitrogens with one attached hydrogen (secondary N) is 1. The highest BCUT2D eigenvalue weighted by Crippen LogP contribution is 1.95. The molecular formula is C12H16N2O2. The van der Waals surface area contributed by atoms with E-state index in [9.17, 15) is 4.79 Å². The number of hydrogen-bond acceptors (Lipinski definition) is 3. The molecule has 1 aromatic heterocycles. The number of rotatable bonds is 6. The van der Waals surface area contributed by atoms with Gasteiger partial charge in [-0.2, -0.15) is 0 Å². The first-order valence-electron chi connectivity index (χ1n) is 5.20. The fourth-order valence-electron chi connectivity index (χ4n) is 1.19. The third-order valence-electron chi connectivity index (χ3n) is 2.20. The monoisotopic (exact) mass is 220 g/mol. The first-order chi connectivity index (χ1) is 7.70. The van der Waals surface area contributed by atoms with E-state index >= 15 is 0 Å². The summed E-state index contributed by atoms with van der Waals surface area (Å²) in [6, 6.07) is 3.93. The van der Waals surface area contributed by atoms with Crippen molar-refractivity contribution >= 4 is 5.97 Å². The van der Waals surface area contributed by atoms with E-state index in [0.29, 0.717) is 12.1 Å². The summed E-state index contributed by atoms with van der Waals surface area (Å²) in [4.78, 5) is 14.5. The lowest BCUT2D eigenvalue weighted by atomic mass is 10.2. The first kappa shape index (κ1) is 12.4.